The zero-order chi connectivity index (χ0) is 19.4. The molecule has 0 aliphatic carbocycles. The van der Waals surface area contributed by atoms with E-state index in [9.17, 15) is 9.59 Å². The van der Waals surface area contributed by atoms with Crippen LogP contribution in [-0.2, 0) is 0 Å². The van der Waals surface area contributed by atoms with E-state index in [1.165, 1.54) is 21.5 Å². The van der Waals surface area contributed by atoms with E-state index in [0.717, 1.165) is 29.9 Å². The molecule has 2 heterocycles. The molecule has 0 amide bonds. The molecular weight excluding hydrogens is 384 g/mol. The predicted octanol–water partition coefficient (Wildman–Crippen LogP) is 7.61. The lowest BCUT2D eigenvalue weighted by atomic mass is 10.00. The Kier molecular flexibility index (Phi) is 4.07. The molecule has 0 fully saturated rings. The molecule has 28 heavy (non-hydrogen) atoms. The zero-order valence-electron chi connectivity index (χ0n) is 15.7. The van der Waals surface area contributed by atoms with E-state index < -0.39 is 0 Å². The van der Waals surface area contributed by atoms with Gasteiger partial charge >= 0.3 is 0 Å². The molecule has 5 rings (SSSR count). The Morgan fingerprint density at radius 2 is 1.07 bits per heavy atom. The first kappa shape index (κ1) is 17.5. The van der Waals surface area contributed by atoms with E-state index in [-0.39, 0.29) is 11.6 Å². The van der Waals surface area contributed by atoms with Crippen LogP contribution in [-0.4, -0.2) is 11.6 Å². The average molecular weight is 403 g/mol. The van der Waals surface area contributed by atoms with Gasteiger partial charge in [-0.1, -0.05) is 26.0 Å². The molecule has 138 valence electrons. The summed E-state index contributed by atoms with van der Waals surface area (Å²) in [5.41, 5.74) is 0. The first-order valence-corrected chi connectivity index (χ1v) is 11.1. The quantitative estimate of drug-likeness (QED) is 0.229. The molecule has 0 spiro atoms. The summed E-state index contributed by atoms with van der Waals surface area (Å²) in [6, 6.07) is 17.1. The molecule has 2 nitrogen and oxygen atoms in total. The molecule has 0 radical (unpaired) electrons. The van der Waals surface area contributed by atoms with Crippen LogP contribution in [0.4, 0.5) is 0 Å². The van der Waals surface area contributed by atoms with Gasteiger partial charge in [0.05, 0.1) is 9.75 Å². The molecule has 0 aliphatic rings. The fraction of sp³-hybridized carbons (Fsp3) is 0.167. The monoisotopic (exact) mass is 402 g/mol. The van der Waals surface area contributed by atoms with Gasteiger partial charge in [-0.2, -0.15) is 0 Å². The highest BCUT2D eigenvalue weighted by Crippen LogP contribution is 2.37. The minimum absolute atomic E-state index is 0.198. The molecule has 3 aromatic carbocycles. The van der Waals surface area contributed by atoms with Crippen molar-refractivity contribution in [3.8, 4) is 0 Å². The first-order chi connectivity index (χ1) is 13.6. The highest BCUT2D eigenvalue weighted by molar-refractivity contribution is 7.21. The van der Waals surface area contributed by atoms with Crippen LogP contribution in [0.3, 0.4) is 0 Å². The van der Waals surface area contributed by atoms with E-state index >= 15 is 0 Å². The molecule has 0 atom stereocenters. The number of hydrogen-bond donors (Lipinski definition) is 0. The molecule has 0 unspecified atom stereocenters. The Morgan fingerprint density at radius 3 is 1.46 bits per heavy atom. The van der Waals surface area contributed by atoms with Crippen molar-refractivity contribution in [1.82, 2.24) is 0 Å². The normalized spacial score (nSPS) is 11.8. The van der Waals surface area contributed by atoms with Crippen LogP contribution >= 0.6 is 22.7 Å². The van der Waals surface area contributed by atoms with Gasteiger partial charge in [0.1, 0.15) is 0 Å². The third-order valence-corrected chi connectivity index (χ3v) is 7.58. The highest BCUT2D eigenvalue weighted by atomic mass is 32.1. The number of fused-ring (bicyclic) bond motifs is 5. The summed E-state index contributed by atoms with van der Waals surface area (Å²) >= 11 is 3.15. The van der Waals surface area contributed by atoms with Crippen LogP contribution in [0.15, 0.2) is 48.5 Å². The van der Waals surface area contributed by atoms with Gasteiger partial charge in [-0.05, 0) is 68.7 Å². The third-order valence-electron chi connectivity index (χ3n) is 5.30. The van der Waals surface area contributed by atoms with Crippen LogP contribution in [0.25, 0.3) is 41.7 Å². The Hall–Kier alpha value is -2.56. The van der Waals surface area contributed by atoms with Crippen LogP contribution in [0.2, 0.25) is 0 Å². The maximum Gasteiger partial charge on any atom is 0.172 e. The standard InChI is InChI=1S/C24H18O2S2/c1-3-19(25)23-9-15-7-13-5-6-14-8-16-10-24(20(26)4-2)28-22(16)12-18(14)17(13)11-21(15)27-23/h5-12H,3-4H2,1-2H3. The minimum Gasteiger partial charge on any atom is -0.293 e. The first-order valence-electron chi connectivity index (χ1n) is 9.47. The minimum atomic E-state index is 0.198. The smallest absolute Gasteiger partial charge is 0.172 e. The molecule has 0 bridgehead atoms. The van der Waals surface area contributed by atoms with Crippen LogP contribution in [0.1, 0.15) is 46.0 Å². The van der Waals surface area contributed by atoms with Crippen LogP contribution in [0.5, 0.6) is 0 Å². The molecule has 2 aromatic heterocycles. The van der Waals surface area contributed by atoms with Gasteiger partial charge in [0.25, 0.3) is 0 Å². The average Bonchev–Trinajstić information content (AvgIpc) is 3.32. The van der Waals surface area contributed by atoms with Crippen molar-refractivity contribution in [2.75, 3.05) is 0 Å². The summed E-state index contributed by atoms with van der Waals surface area (Å²) in [5, 5.41) is 6.99. The summed E-state index contributed by atoms with van der Waals surface area (Å²) in [6.07, 6.45) is 1.06. The molecule has 0 aliphatic heterocycles. The lowest BCUT2D eigenvalue weighted by Crippen LogP contribution is -1.90. The maximum absolute atomic E-state index is 12.1. The summed E-state index contributed by atoms with van der Waals surface area (Å²) in [5.74, 6) is 0.395. The van der Waals surface area contributed by atoms with Gasteiger partial charge in [-0.3, -0.25) is 9.59 Å². The largest absolute Gasteiger partial charge is 0.293 e. The Bertz CT molecular complexity index is 1310. The third kappa shape index (κ3) is 2.67. The molecular formula is C24H18O2S2. The number of ketones is 2. The van der Waals surface area contributed by atoms with Gasteiger partial charge in [0.15, 0.2) is 11.6 Å². The Labute approximate surface area is 170 Å². The number of carbonyl (C=O) groups excluding carboxylic acids is 2. The summed E-state index contributed by atoms with van der Waals surface area (Å²) in [7, 11) is 0. The molecule has 0 saturated heterocycles. The molecule has 0 saturated carbocycles. The Morgan fingerprint density at radius 1 is 0.643 bits per heavy atom. The molecule has 4 heteroatoms. The van der Waals surface area contributed by atoms with Crippen molar-refractivity contribution in [2.24, 2.45) is 0 Å². The van der Waals surface area contributed by atoms with Gasteiger partial charge in [0.2, 0.25) is 0 Å². The number of carbonyl (C=O) groups is 2. The fourth-order valence-electron chi connectivity index (χ4n) is 3.75. The summed E-state index contributed by atoms with van der Waals surface area (Å²) in [4.78, 5) is 25.9. The second kappa shape index (κ2) is 6.50. The number of rotatable bonds is 4. The lowest BCUT2D eigenvalue weighted by Gasteiger charge is -2.05. The summed E-state index contributed by atoms with van der Waals surface area (Å²) < 4.78 is 2.29. The fourth-order valence-corrected chi connectivity index (χ4v) is 5.94. The number of Topliss-reactive ketones (excluding diaryl/α,β-unsaturated/α-hetero) is 2. The van der Waals surface area contributed by atoms with Crippen molar-refractivity contribution in [3.63, 3.8) is 0 Å². The predicted molar refractivity (Wildman–Crippen MR) is 121 cm³/mol. The van der Waals surface area contributed by atoms with E-state index in [0.29, 0.717) is 12.8 Å². The van der Waals surface area contributed by atoms with E-state index in [1.54, 1.807) is 22.7 Å². The van der Waals surface area contributed by atoms with Gasteiger partial charge < -0.3 is 0 Å². The Balaban J connectivity index is 1.78. The number of benzene rings is 3. The SMILES string of the molecule is CCC(=O)c1cc2cc3ccc4cc5cc(C(=O)CC)sc5cc4c3cc2s1. The summed E-state index contributed by atoms with van der Waals surface area (Å²) in [6.45, 7) is 3.81. The maximum atomic E-state index is 12.1. The van der Waals surface area contributed by atoms with Crippen molar-refractivity contribution < 1.29 is 9.59 Å². The molecule has 0 N–H and O–H groups in total. The van der Waals surface area contributed by atoms with E-state index in [1.807, 2.05) is 26.0 Å². The molecule has 5 aromatic rings. The second-order valence-corrected chi connectivity index (χ2v) is 9.23. The van der Waals surface area contributed by atoms with Crippen molar-refractivity contribution in [3.05, 3.63) is 58.3 Å². The van der Waals surface area contributed by atoms with Crippen LogP contribution < -0.4 is 0 Å². The van der Waals surface area contributed by atoms with E-state index in [2.05, 4.69) is 36.4 Å². The van der Waals surface area contributed by atoms with Gasteiger partial charge in [-0.25, -0.2) is 0 Å². The highest BCUT2D eigenvalue weighted by Gasteiger charge is 2.13. The van der Waals surface area contributed by atoms with Crippen molar-refractivity contribution in [2.45, 2.75) is 26.7 Å². The van der Waals surface area contributed by atoms with Crippen molar-refractivity contribution >= 4 is 76.0 Å². The van der Waals surface area contributed by atoms with Crippen LogP contribution in [0, 0.1) is 0 Å². The van der Waals surface area contributed by atoms with Crippen molar-refractivity contribution in [1.29, 1.82) is 0 Å². The number of hydrogen-bond acceptors (Lipinski definition) is 4. The number of thiophene rings is 2. The van der Waals surface area contributed by atoms with E-state index in [4.69, 9.17) is 0 Å². The van der Waals surface area contributed by atoms with Gasteiger partial charge in [0, 0.05) is 22.2 Å². The van der Waals surface area contributed by atoms with Gasteiger partial charge in [-0.15, -0.1) is 22.7 Å². The topological polar surface area (TPSA) is 34.1 Å². The lowest BCUT2D eigenvalue weighted by molar-refractivity contribution is 0.0984. The second-order valence-electron chi connectivity index (χ2n) is 7.06. The zero-order valence-corrected chi connectivity index (χ0v) is 17.3.